The van der Waals surface area contributed by atoms with Crippen LogP contribution in [0.3, 0.4) is 0 Å². The van der Waals surface area contributed by atoms with Gasteiger partial charge < -0.3 is 9.73 Å². The minimum atomic E-state index is -0.117. The average molecular weight is 451 g/mol. The Kier molecular flexibility index (Phi) is 5.42. The second kappa shape index (κ2) is 7.72. The molecule has 0 aliphatic heterocycles. The van der Waals surface area contributed by atoms with E-state index in [2.05, 4.69) is 47.4 Å². The van der Waals surface area contributed by atoms with Gasteiger partial charge in [-0.2, -0.15) is 0 Å². The summed E-state index contributed by atoms with van der Waals surface area (Å²) < 4.78 is 7.31. The van der Waals surface area contributed by atoms with Crippen molar-refractivity contribution in [3.63, 3.8) is 0 Å². The first-order valence-electron chi connectivity index (χ1n) is 7.24. The zero-order chi connectivity index (χ0) is 16.9. The monoisotopic (exact) mass is 449 g/mol. The largest absolute Gasteiger partial charge is 0.421 e. The maximum Gasteiger partial charge on any atom is 0.247 e. The molecule has 1 amide bonds. The van der Waals surface area contributed by atoms with Crippen LogP contribution in [0.4, 0.5) is 5.69 Å². The number of hydrogen-bond donors (Lipinski definition) is 1. The zero-order valence-electron chi connectivity index (χ0n) is 12.5. The summed E-state index contributed by atoms with van der Waals surface area (Å²) in [6.45, 7) is 0. The van der Waals surface area contributed by atoms with E-state index in [1.54, 1.807) is 0 Å². The number of hydrogen-bond acceptors (Lipinski definition) is 4. The highest BCUT2D eigenvalue weighted by atomic mass is 79.9. The van der Waals surface area contributed by atoms with Crippen LogP contribution < -0.4 is 5.32 Å². The van der Waals surface area contributed by atoms with Crippen LogP contribution in [0.15, 0.2) is 61.9 Å². The number of rotatable bonds is 5. The van der Waals surface area contributed by atoms with Crippen LogP contribution in [0.1, 0.15) is 12.3 Å². The van der Waals surface area contributed by atoms with Gasteiger partial charge in [-0.3, -0.25) is 4.79 Å². The van der Waals surface area contributed by atoms with Crippen molar-refractivity contribution in [1.82, 2.24) is 10.2 Å². The third-order valence-corrected chi connectivity index (χ3v) is 4.44. The smallest absolute Gasteiger partial charge is 0.247 e. The molecule has 3 aromatic rings. The second-order valence-corrected chi connectivity index (χ2v) is 6.81. The quantitative estimate of drug-likeness (QED) is 0.604. The first-order valence-corrected chi connectivity index (χ1v) is 8.83. The number of nitrogens with zero attached hydrogens (tertiary/aromatic N) is 2. The summed E-state index contributed by atoms with van der Waals surface area (Å²) in [5, 5.41) is 10.9. The molecule has 0 saturated carbocycles. The summed E-state index contributed by atoms with van der Waals surface area (Å²) in [5.41, 5.74) is 1.57. The van der Waals surface area contributed by atoms with Crippen LogP contribution in [0.5, 0.6) is 0 Å². The fourth-order valence-electron chi connectivity index (χ4n) is 2.08. The normalized spacial score (nSPS) is 10.6. The highest BCUT2D eigenvalue weighted by Gasteiger charge is 2.11. The van der Waals surface area contributed by atoms with E-state index in [9.17, 15) is 4.79 Å². The summed E-state index contributed by atoms with van der Waals surface area (Å²) in [5.74, 6) is 0.784. The van der Waals surface area contributed by atoms with E-state index < -0.39 is 0 Å². The van der Waals surface area contributed by atoms with Crippen LogP contribution in [-0.2, 0) is 11.2 Å². The molecule has 0 aliphatic carbocycles. The molecule has 0 unspecified atom stereocenters. The van der Waals surface area contributed by atoms with Crippen molar-refractivity contribution in [2.24, 2.45) is 0 Å². The van der Waals surface area contributed by atoms with Crippen molar-refractivity contribution < 1.29 is 9.21 Å². The Hall–Kier alpha value is -1.99. The van der Waals surface area contributed by atoms with Crippen LogP contribution in [0.2, 0.25) is 0 Å². The van der Waals surface area contributed by atoms with Crippen molar-refractivity contribution in [1.29, 1.82) is 0 Å². The van der Waals surface area contributed by atoms with Gasteiger partial charge in [0.2, 0.25) is 17.7 Å². The van der Waals surface area contributed by atoms with Gasteiger partial charge in [0.25, 0.3) is 0 Å². The van der Waals surface area contributed by atoms with E-state index in [4.69, 9.17) is 4.42 Å². The fraction of sp³-hybridized carbons (Fsp3) is 0.118. The van der Waals surface area contributed by atoms with Crippen molar-refractivity contribution in [3.8, 4) is 11.5 Å². The molecule has 0 spiro atoms. The molecular weight excluding hydrogens is 438 g/mol. The Morgan fingerprint density at radius 3 is 2.67 bits per heavy atom. The number of anilines is 1. The molecular formula is C17H13Br2N3O2. The Morgan fingerprint density at radius 1 is 1.08 bits per heavy atom. The maximum atomic E-state index is 12.1. The Morgan fingerprint density at radius 2 is 1.88 bits per heavy atom. The summed E-state index contributed by atoms with van der Waals surface area (Å²) >= 11 is 6.79. The van der Waals surface area contributed by atoms with Gasteiger partial charge in [0.05, 0.1) is 5.69 Å². The molecule has 5 nitrogen and oxygen atoms in total. The summed E-state index contributed by atoms with van der Waals surface area (Å²) in [6.07, 6.45) is 0.646. The lowest BCUT2D eigenvalue weighted by atomic mass is 10.2. The van der Waals surface area contributed by atoms with Gasteiger partial charge in [-0.25, -0.2) is 0 Å². The number of nitrogens with one attached hydrogen (secondary N) is 1. The standard InChI is InChI=1S/C17H13Br2N3O2/c18-12-6-7-13(19)14(10-12)20-15(23)8-9-16-21-22-17(24-16)11-4-2-1-3-5-11/h1-7,10H,8-9H2,(H,20,23). The van der Waals surface area contributed by atoms with Gasteiger partial charge in [0.1, 0.15) is 0 Å². The molecule has 0 atom stereocenters. The van der Waals surface area contributed by atoms with Gasteiger partial charge in [0, 0.05) is 27.4 Å². The fourth-order valence-corrected chi connectivity index (χ4v) is 2.79. The lowest BCUT2D eigenvalue weighted by Crippen LogP contribution is -2.12. The zero-order valence-corrected chi connectivity index (χ0v) is 15.7. The number of halogens is 2. The molecule has 0 bridgehead atoms. The summed E-state index contributed by atoms with van der Waals surface area (Å²) in [7, 11) is 0. The van der Waals surface area contributed by atoms with Crippen LogP contribution in [0.25, 0.3) is 11.5 Å². The molecule has 2 aromatic carbocycles. The van der Waals surface area contributed by atoms with Crippen molar-refractivity contribution in [2.45, 2.75) is 12.8 Å². The van der Waals surface area contributed by atoms with Crippen LogP contribution in [-0.4, -0.2) is 16.1 Å². The predicted molar refractivity (Wildman–Crippen MR) is 98.5 cm³/mol. The second-order valence-electron chi connectivity index (χ2n) is 5.04. The topological polar surface area (TPSA) is 68.0 Å². The van der Waals surface area contributed by atoms with Crippen molar-refractivity contribution in [3.05, 3.63) is 63.4 Å². The van der Waals surface area contributed by atoms with Crippen molar-refractivity contribution in [2.75, 3.05) is 5.32 Å². The van der Waals surface area contributed by atoms with Gasteiger partial charge >= 0.3 is 0 Å². The molecule has 1 aromatic heterocycles. The Balaban J connectivity index is 1.59. The third kappa shape index (κ3) is 4.30. The molecule has 0 fully saturated rings. The molecule has 1 N–H and O–H groups in total. The van der Waals surface area contributed by atoms with Crippen LogP contribution >= 0.6 is 31.9 Å². The van der Waals surface area contributed by atoms with E-state index >= 15 is 0 Å². The number of amides is 1. The molecule has 7 heteroatoms. The summed E-state index contributed by atoms with van der Waals surface area (Å²) in [6, 6.07) is 15.1. The van der Waals surface area contributed by atoms with Crippen molar-refractivity contribution >= 4 is 43.5 Å². The molecule has 122 valence electrons. The summed E-state index contributed by atoms with van der Waals surface area (Å²) in [4.78, 5) is 12.1. The van der Waals surface area contributed by atoms with E-state index in [-0.39, 0.29) is 12.3 Å². The number of carbonyl (C=O) groups excluding carboxylic acids is 1. The van der Waals surface area contributed by atoms with Gasteiger partial charge in [-0.15, -0.1) is 10.2 Å². The minimum absolute atomic E-state index is 0.117. The number of aryl methyl sites for hydroxylation is 1. The van der Waals surface area contributed by atoms with Crippen LogP contribution in [0, 0.1) is 0 Å². The minimum Gasteiger partial charge on any atom is -0.421 e. The average Bonchev–Trinajstić information content (AvgIpc) is 3.06. The Bertz CT molecular complexity index is 850. The number of benzene rings is 2. The lowest BCUT2D eigenvalue weighted by molar-refractivity contribution is -0.116. The van der Waals surface area contributed by atoms with E-state index in [0.717, 1.165) is 14.5 Å². The first-order chi connectivity index (χ1) is 11.6. The first kappa shape index (κ1) is 16.9. The molecule has 0 radical (unpaired) electrons. The number of carbonyl (C=O) groups is 1. The van der Waals surface area contributed by atoms with E-state index in [1.807, 2.05) is 48.5 Å². The van der Waals surface area contributed by atoms with Gasteiger partial charge in [-0.1, -0.05) is 34.1 Å². The SMILES string of the molecule is O=C(CCc1nnc(-c2ccccc2)o1)Nc1cc(Br)ccc1Br. The van der Waals surface area contributed by atoms with E-state index in [1.165, 1.54) is 0 Å². The Labute approximate surface area is 155 Å². The third-order valence-electron chi connectivity index (χ3n) is 3.26. The maximum absolute atomic E-state index is 12.1. The highest BCUT2D eigenvalue weighted by molar-refractivity contribution is 9.11. The number of aromatic nitrogens is 2. The molecule has 0 saturated heterocycles. The molecule has 24 heavy (non-hydrogen) atoms. The van der Waals surface area contributed by atoms with E-state index in [0.29, 0.717) is 23.9 Å². The van der Waals surface area contributed by atoms with Gasteiger partial charge in [-0.05, 0) is 46.3 Å². The predicted octanol–water partition coefficient (Wildman–Crippen LogP) is 4.83. The lowest BCUT2D eigenvalue weighted by Gasteiger charge is -2.07. The highest BCUT2D eigenvalue weighted by Crippen LogP contribution is 2.26. The molecule has 1 heterocycles. The van der Waals surface area contributed by atoms with Gasteiger partial charge in [0.15, 0.2) is 0 Å². The molecule has 3 rings (SSSR count). The molecule has 0 aliphatic rings.